The third kappa shape index (κ3) is 2.87. The van der Waals surface area contributed by atoms with Gasteiger partial charge in [-0.15, -0.1) is 0 Å². The second kappa shape index (κ2) is 6.03. The van der Waals surface area contributed by atoms with Gasteiger partial charge in [0.15, 0.2) is 11.5 Å². The minimum atomic E-state index is -0.423. The van der Waals surface area contributed by atoms with Gasteiger partial charge in [0.2, 0.25) is 6.79 Å². The molecule has 0 aliphatic carbocycles. The smallest absolute Gasteiger partial charge is 0.274 e. The van der Waals surface area contributed by atoms with E-state index in [2.05, 4.69) is 15.5 Å². The lowest BCUT2D eigenvalue weighted by Gasteiger charge is -2.03. The summed E-state index contributed by atoms with van der Waals surface area (Å²) < 4.78 is 10.6. The summed E-state index contributed by atoms with van der Waals surface area (Å²) >= 11 is 5.85. The van der Waals surface area contributed by atoms with Crippen molar-refractivity contribution in [1.29, 1.82) is 0 Å². The summed E-state index contributed by atoms with van der Waals surface area (Å²) in [4.78, 5) is 15.8. The van der Waals surface area contributed by atoms with Crippen LogP contribution in [0.1, 0.15) is 21.5 Å². The summed E-state index contributed by atoms with van der Waals surface area (Å²) in [5.74, 6) is 0.947. The van der Waals surface area contributed by atoms with E-state index in [1.165, 1.54) is 6.20 Å². The highest BCUT2D eigenvalue weighted by Gasteiger charge is 2.15. The highest BCUT2D eigenvalue weighted by molar-refractivity contribution is 6.32. The lowest BCUT2D eigenvalue weighted by atomic mass is 10.1. The van der Waals surface area contributed by atoms with Gasteiger partial charge in [-0.2, -0.15) is 5.10 Å². The SMILES string of the molecule is Cc1cc2c(cc1C=NNC(=O)c1cccnc1Cl)OCO2. The van der Waals surface area contributed by atoms with Crippen molar-refractivity contribution in [2.45, 2.75) is 6.92 Å². The first kappa shape index (κ1) is 14.3. The molecule has 1 aliphatic heterocycles. The number of hydrazone groups is 1. The molecular formula is C15H12ClN3O3. The predicted molar refractivity (Wildman–Crippen MR) is 81.6 cm³/mol. The van der Waals surface area contributed by atoms with Crippen LogP contribution in [0.4, 0.5) is 0 Å². The van der Waals surface area contributed by atoms with Gasteiger partial charge in [-0.3, -0.25) is 4.79 Å². The Morgan fingerprint density at radius 3 is 2.95 bits per heavy atom. The number of nitrogens with one attached hydrogen (secondary N) is 1. The van der Waals surface area contributed by atoms with E-state index in [4.69, 9.17) is 21.1 Å². The number of carbonyl (C=O) groups excluding carboxylic acids is 1. The van der Waals surface area contributed by atoms with Crippen molar-refractivity contribution < 1.29 is 14.3 Å². The van der Waals surface area contributed by atoms with Gasteiger partial charge in [0.25, 0.3) is 5.91 Å². The summed E-state index contributed by atoms with van der Waals surface area (Å²) in [5.41, 5.74) is 4.47. The summed E-state index contributed by atoms with van der Waals surface area (Å²) in [6.45, 7) is 2.13. The van der Waals surface area contributed by atoms with Crippen LogP contribution in [0.5, 0.6) is 11.5 Å². The average molecular weight is 318 g/mol. The zero-order valence-corrected chi connectivity index (χ0v) is 12.4. The van der Waals surface area contributed by atoms with Crippen LogP contribution in [0.2, 0.25) is 5.15 Å². The monoisotopic (exact) mass is 317 g/mol. The quantitative estimate of drug-likeness (QED) is 0.536. The Kier molecular flexibility index (Phi) is 3.93. The first-order valence-electron chi connectivity index (χ1n) is 6.49. The number of carbonyl (C=O) groups is 1. The molecule has 1 N–H and O–H groups in total. The number of hydrogen-bond donors (Lipinski definition) is 1. The van der Waals surface area contributed by atoms with Crippen molar-refractivity contribution in [1.82, 2.24) is 10.4 Å². The first-order valence-corrected chi connectivity index (χ1v) is 6.87. The molecular weight excluding hydrogens is 306 g/mol. The fraction of sp³-hybridized carbons (Fsp3) is 0.133. The van der Waals surface area contributed by atoms with Crippen LogP contribution >= 0.6 is 11.6 Å². The van der Waals surface area contributed by atoms with Gasteiger partial charge < -0.3 is 9.47 Å². The number of hydrogen-bond acceptors (Lipinski definition) is 5. The van der Waals surface area contributed by atoms with E-state index in [-0.39, 0.29) is 17.5 Å². The van der Waals surface area contributed by atoms with Gasteiger partial charge in [0.05, 0.1) is 11.8 Å². The molecule has 1 amide bonds. The number of nitrogens with zero attached hydrogens (tertiary/aromatic N) is 2. The molecule has 0 spiro atoms. The number of rotatable bonds is 3. The van der Waals surface area contributed by atoms with Crippen LogP contribution in [0.3, 0.4) is 0 Å². The normalized spacial score (nSPS) is 12.6. The third-order valence-corrected chi connectivity index (χ3v) is 3.44. The molecule has 0 bridgehead atoms. The zero-order valence-electron chi connectivity index (χ0n) is 11.7. The van der Waals surface area contributed by atoms with Crippen molar-refractivity contribution in [2.75, 3.05) is 6.79 Å². The molecule has 1 aromatic heterocycles. The molecule has 0 unspecified atom stereocenters. The summed E-state index contributed by atoms with van der Waals surface area (Å²) in [7, 11) is 0. The topological polar surface area (TPSA) is 72.8 Å². The maximum atomic E-state index is 11.9. The number of fused-ring (bicyclic) bond motifs is 1. The largest absolute Gasteiger partial charge is 0.454 e. The van der Waals surface area contributed by atoms with Crippen LogP contribution in [-0.2, 0) is 0 Å². The fourth-order valence-electron chi connectivity index (χ4n) is 1.97. The van der Waals surface area contributed by atoms with Gasteiger partial charge in [-0.25, -0.2) is 10.4 Å². The number of amides is 1. The summed E-state index contributed by atoms with van der Waals surface area (Å²) in [6.07, 6.45) is 3.05. The maximum Gasteiger partial charge on any atom is 0.274 e. The van der Waals surface area contributed by atoms with Gasteiger partial charge in [-0.05, 0) is 36.8 Å². The molecule has 1 aliphatic rings. The van der Waals surface area contributed by atoms with Crippen LogP contribution in [0.25, 0.3) is 0 Å². The Balaban J connectivity index is 1.73. The Morgan fingerprint density at radius 2 is 2.18 bits per heavy atom. The van der Waals surface area contributed by atoms with E-state index in [0.29, 0.717) is 11.5 Å². The van der Waals surface area contributed by atoms with Gasteiger partial charge in [0, 0.05) is 11.8 Å². The Labute approximate surface area is 131 Å². The molecule has 0 saturated carbocycles. The van der Waals surface area contributed by atoms with Crippen LogP contribution < -0.4 is 14.9 Å². The molecule has 7 heteroatoms. The molecule has 0 fully saturated rings. The van der Waals surface area contributed by atoms with E-state index >= 15 is 0 Å². The zero-order chi connectivity index (χ0) is 15.5. The molecule has 2 aromatic rings. The molecule has 0 radical (unpaired) electrons. The van der Waals surface area contributed by atoms with Gasteiger partial charge in [0.1, 0.15) is 5.15 Å². The minimum Gasteiger partial charge on any atom is -0.454 e. The van der Waals surface area contributed by atoms with E-state index < -0.39 is 5.91 Å². The maximum absolute atomic E-state index is 11.9. The molecule has 0 saturated heterocycles. The summed E-state index contributed by atoms with van der Waals surface area (Å²) in [6, 6.07) is 6.88. The number of benzene rings is 1. The Hall–Kier alpha value is -2.60. The predicted octanol–water partition coefficient (Wildman–Crippen LogP) is 2.54. The van der Waals surface area contributed by atoms with Crippen molar-refractivity contribution in [3.05, 3.63) is 52.3 Å². The number of pyridine rings is 1. The number of halogens is 1. The second-order valence-corrected chi connectivity index (χ2v) is 4.96. The lowest BCUT2D eigenvalue weighted by Crippen LogP contribution is -2.18. The van der Waals surface area contributed by atoms with E-state index in [1.807, 2.05) is 19.1 Å². The van der Waals surface area contributed by atoms with Crippen LogP contribution in [0.15, 0.2) is 35.6 Å². The molecule has 1 aromatic carbocycles. The second-order valence-electron chi connectivity index (χ2n) is 4.60. The Morgan fingerprint density at radius 1 is 1.41 bits per heavy atom. The van der Waals surface area contributed by atoms with Crippen LogP contribution in [-0.4, -0.2) is 23.9 Å². The van der Waals surface area contributed by atoms with Gasteiger partial charge in [-0.1, -0.05) is 11.6 Å². The van der Waals surface area contributed by atoms with Crippen molar-refractivity contribution in [3.63, 3.8) is 0 Å². The molecule has 6 nitrogen and oxygen atoms in total. The Bertz CT molecular complexity index is 762. The van der Waals surface area contributed by atoms with Crippen molar-refractivity contribution in [2.24, 2.45) is 5.10 Å². The van der Waals surface area contributed by atoms with E-state index in [1.54, 1.807) is 18.3 Å². The fourth-order valence-corrected chi connectivity index (χ4v) is 2.18. The van der Waals surface area contributed by atoms with E-state index in [0.717, 1.165) is 11.1 Å². The number of ether oxygens (including phenoxy) is 2. The lowest BCUT2D eigenvalue weighted by molar-refractivity contribution is 0.0955. The first-order chi connectivity index (χ1) is 10.6. The van der Waals surface area contributed by atoms with E-state index in [9.17, 15) is 4.79 Å². The highest BCUT2D eigenvalue weighted by atomic mass is 35.5. The third-order valence-electron chi connectivity index (χ3n) is 3.13. The standard InChI is InChI=1S/C15H12ClN3O3/c1-9-5-12-13(22-8-21-12)6-10(9)7-18-19-15(20)11-3-2-4-17-14(11)16/h2-7H,8H2,1H3,(H,19,20). The summed E-state index contributed by atoms with van der Waals surface area (Å²) in [5, 5.41) is 4.07. The molecule has 3 rings (SSSR count). The van der Waals surface area contributed by atoms with Crippen molar-refractivity contribution >= 4 is 23.7 Å². The number of aromatic nitrogens is 1. The minimum absolute atomic E-state index is 0.134. The molecule has 112 valence electrons. The van der Waals surface area contributed by atoms with Crippen molar-refractivity contribution in [3.8, 4) is 11.5 Å². The molecule has 22 heavy (non-hydrogen) atoms. The molecule has 2 heterocycles. The highest BCUT2D eigenvalue weighted by Crippen LogP contribution is 2.33. The number of aryl methyl sites for hydroxylation is 1. The molecule has 0 atom stereocenters. The van der Waals surface area contributed by atoms with Crippen LogP contribution in [0, 0.1) is 6.92 Å². The van der Waals surface area contributed by atoms with Gasteiger partial charge >= 0.3 is 0 Å². The average Bonchev–Trinajstić information content (AvgIpc) is 2.94.